The summed E-state index contributed by atoms with van der Waals surface area (Å²) in [5.41, 5.74) is 8.52. The number of nitrogens with zero attached hydrogens (tertiary/aromatic N) is 1. The van der Waals surface area contributed by atoms with Gasteiger partial charge in [-0.2, -0.15) is 0 Å². The van der Waals surface area contributed by atoms with Gasteiger partial charge in [-0.15, -0.1) is 0 Å². The van der Waals surface area contributed by atoms with Crippen LogP contribution < -0.4 is 5.73 Å². The molecule has 0 aromatic carbocycles. The van der Waals surface area contributed by atoms with Crippen LogP contribution in [0.2, 0.25) is 0 Å². The van der Waals surface area contributed by atoms with Gasteiger partial charge in [0.15, 0.2) is 0 Å². The molecular formula is C13H20N2. The summed E-state index contributed by atoms with van der Waals surface area (Å²) in [6.45, 7) is 2.15. The first-order chi connectivity index (χ1) is 7.28. The van der Waals surface area contributed by atoms with Gasteiger partial charge in [0.25, 0.3) is 0 Å². The van der Waals surface area contributed by atoms with Crippen LogP contribution in [-0.2, 0) is 12.8 Å². The lowest BCUT2D eigenvalue weighted by Crippen LogP contribution is -2.23. The molecule has 0 amide bonds. The molecule has 2 heteroatoms. The van der Waals surface area contributed by atoms with Crippen molar-refractivity contribution in [1.29, 1.82) is 0 Å². The summed E-state index contributed by atoms with van der Waals surface area (Å²) in [6, 6.07) is 4.58. The van der Waals surface area contributed by atoms with E-state index >= 15 is 0 Å². The fourth-order valence-corrected chi connectivity index (χ4v) is 1.92. The van der Waals surface area contributed by atoms with Crippen LogP contribution in [0.3, 0.4) is 0 Å². The van der Waals surface area contributed by atoms with Gasteiger partial charge < -0.3 is 5.73 Å². The summed E-state index contributed by atoms with van der Waals surface area (Å²) in [7, 11) is 0. The van der Waals surface area contributed by atoms with Gasteiger partial charge >= 0.3 is 0 Å². The smallest absolute Gasteiger partial charge is 0.0419 e. The zero-order valence-electron chi connectivity index (χ0n) is 9.45. The maximum atomic E-state index is 6.08. The SMILES string of the molecule is CCc1ccc(CC(N)CC2CC2)nc1. The molecule has 82 valence electrons. The van der Waals surface area contributed by atoms with E-state index in [-0.39, 0.29) is 0 Å². The van der Waals surface area contributed by atoms with Gasteiger partial charge in [-0.25, -0.2) is 0 Å². The van der Waals surface area contributed by atoms with Gasteiger partial charge in [-0.05, 0) is 30.4 Å². The molecule has 15 heavy (non-hydrogen) atoms. The molecule has 1 heterocycles. The Hall–Kier alpha value is -0.890. The van der Waals surface area contributed by atoms with E-state index in [1.165, 1.54) is 24.8 Å². The first kappa shape index (κ1) is 10.6. The van der Waals surface area contributed by atoms with Crippen LogP contribution >= 0.6 is 0 Å². The van der Waals surface area contributed by atoms with E-state index < -0.39 is 0 Å². The van der Waals surface area contributed by atoms with Crippen LogP contribution in [0.4, 0.5) is 0 Å². The molecule has 0 aliphatic heterocycles. The molecule has 2 nitrogen and oxygen atoms in total. The normalized spacial score (nSPS) is 17.7. The van der Waals surface area contributed by atoms with Crippen molar-refractivity contribution in [3.05, 3.63) is 29.6 Å². The van der Waals surface area contributed by atoms with E-state index in [4.69, 9.17) is 5.73 Å². The number of aromatic nitrogens is 1. The minimum atomic E-state index is 0.303. The Morgan fingerprint density at radius 2 is 2.27 bits per heavy atom. The van der Waals surface area contributed by atoms with Crippen LogP contribution in [0.25, 0.3) is 0 Å². The number of pyridine rings is 1. The van der Waals surface area contributed by atoms with Gasteiger partial charge in [0.1, 0.15) is 0 Å². The van der Waals surface area contributed by atoms with Gasteiger partial charge in [0, 0.05) is 24.4 Å². The van der Waals surface area contributed by atoms with E-state index in [1.54, 1.807) is 0 Å². The van der Waals surface area contributed by atoms with Crippen molar-refractivity contribution >= 4 is 0 Å². The molecule has 0 saturated heterocycles. The quantitative estimate of drug-likeness (QED) is 0.799. The van der Waals surface area contributed by atoms with E-state index in [9.17, 15) is 0 Å². The van der Waals surface area contributed by atoms with Gasteiger partial charge in [-0.3, -0.25) is 4.98 Å². The number of rotatable bonds is 5. The predicted molar refractivity (Wildman–Crippen MR) is 62.6 cm³/mol. The molecule has 1 unspecified atom stereocenters. The van der Waals surface area contributed by atoms with Crippen molar-refractivity contribution in [2.24, 2.45) is 11.7 Å². The molecule has 1 atom stereocenters. The van der Waals surface area contributed by atoms with E-state index in [2.05, 4.69) is 24.0 Å². The predicted octanol–water partition coefficient (Wildman–Crippen LogP) is 2.31. The monoisotopic (exact) mass is 204 g/mol. The number of hydrogen-bond donors (Lipinski definition) is 1. The Bertz CT molecular complexity index is 301. The van der Waals surface area contributed by atoms with Gasteiger partial charge in [-0.1, -0.05) is 25.8 Å². The molecular weight excluding hydrogens is 184 g/mol. The lowest BCUT2D eigenvalue weighted by atomic mass is 10.1. The average Bonchev–Trinajstić information content (AvgIpc) is 3.03. The Balaban J connectivity index is 1.85. The summed E-state index contributed by atoms with van der Waals surface area (Å²) in [4.78, 5) is 4.44. The third kappa shape index (κ3) is 3.31. The third-order valence-electron chi connectivity index (χ3n) is 3.10. The number of nitrogens with two attached hydrogens (primary N) is 1. The number of hydrogen-bond acceptors (Lipinski definition) is 2. The highest BCUT2D eigenvalue weighted by atomic mass is 14.7. The second-order valence-electron chi connectivity index (χ2n) is 4.65. The standard InChI is InChI=1S/C13H20N2/c1-2-10-5-6-13(15-9-10)8-12(14)7-11-3-4-11/h5-6,9,11-12H,2-4,7-8,14H2,1H3. The maximum absolute atomic E-state index is 6.08. The Labute approximate surface area is 91.9 Å². The molecule has 0 radical (unpaired) electrons. The minimum Gasteiger partial charge on any atom is -0.327 e. The molecule has 1 fully saturated rings. The van der Waals surface area contributed by atoms with Crippen LogP contribution in [0.1, 0.15) is 37.4 Å². The van der Waals surface area contributed by atoms with Crippen molar-refractivity contribution in [3.8, 4) is 0 Å². The summed E-state index contributed by atoms with van der Waals surface area (Å²) in [5, 5.41) is 0. The van der Waals surface area contributed by atoms with E-state index in [0.717, 1.165) is 24.5 Å². The van der Waals surface area contributed by atoms with Gasteiger partial charge in [0.2, 0.25) is 0 Å². The molecule has 1 saturated carbocycles. The molecule has 1 aromatic heterocycles. The largest absolute Gasteiger partial charge is 0.327 e. The third-order valence-corrected chi connectivity index (χ3v) is 3.10. The van der Waals surface area contributed by atoms with Crippen molar-refractivity contribution in [2.75, 3.05) is 0 Å². The highest BCUT2D eigenvalue weighted by Gasteiger charge is 2.23. The van der Waals surface area contributed by atoms with Crippen molar-refractivity contribution in [3.63, 3.8) is 0 Å². The highest BCUT2D eigenvalue weighted by molar-refractivity contribution is 5.14. The first-order valence-corrected chi connectivity index (χ1v) is 5.97. The fourth-order valence-electron chi connectivity index (χ4n) is 1.92. The van der Waals surface area contributed by atoms with Crippen molar-refractivity contribution < 1.29 is 0 Å². The maximum Gasteiger partial charge on any atom is 0.0419 e. The zero-order valence-corrected chi connectivity index (χ0v) is 9.45. The minimum absolute atomic E-state index is 0.303. The van der Waals surface area contributed by atoms with Crippen LogP contribution in [0.5, 0.6) is 0 Å². The van der Waals surface area contributed by atoms with Gasteiger partial charge in [0.05, 0.1) is 0 Å². The van der Waals surface area contributed by atoms with Crippen LogP contribution in [-0.4, -0.2) is 11.0 Å². The molecule has 2 N–H and O–H groups in total. The highest BCUT2D eigenvalue weighted by Crippen LogP contribution is 2.33. The summed E-state index contributed by atoms with van der Waals surface area (Å²) >= 11 is 0. The van der Waals surface area contributed by atoms with Crippen LogP contribution in [0.15, 0.2) is 18.3 Å². The van der Waals surface area contributed by atoms with Crippen LogP contribution in [0, 0.1) is 5.92 Å². The van der Waals surface area contributed by atoms with Crippen molar-refractivity contribution in [1.82, 2.24) is 4.98 Å². The Morgan fingerprint density at radius 3 is 2.80 bits per heavy atom. The van der Waals surface area contributed by atoms with Crippen molar-refractivity contribution in [2.45, 2.75) is 45.1 Å². The van der Waals surface area contributed by atoms with E-state index in [0.29, 0.717) is 6.04 Å². The lowest BCUT2D eigenvalue weighted by Gasteiger charge is -2.10. The molecule has 0 bridgehead atoms. The average molecular weight is 204 g/mol. The second kappa shape index (κ2) is 4.75. The lowest BCUT2D eigenvalue weighted by molar-refractivity contribution is 0.561. The molecule has 2 rings (SSSR count). The second-order valence-corrected chi connectivity index (χ2v) is 4.65. The molecule has 1 aromatic rings. The Morgan fingerprint density at radius 1 is 1.47 bits per heavy atom. The topological polar surface area (TPSA) is 38.9 Å². The first-order valence-electron chi connectivity index (χ1n) is 5.97. The number of aryl methyl sites for hydroxylation is 1. The zero-order chi connectivity index (χ0) is 10.7. The Kier molecular flexibility index (Phi) is 3.37. The van der Waals surface area contributed by atoms with E-state index in [1.807, 2.05) is 6.20 Å². The molecule has 1 aliphatic carbocycles. The molecule has 1 aliphatic rings. The molecule has 0 spiro atoms. The summed E-state index contributed by atoms with van der Waals surface area (Å²) < 4.78 is 0. The summed E-state index contributed by atoms with van der Waals surface area (Å²) in [5.74, 6) is 0.912. The summed E-state index contributed by atoms with van der Waals surface area (Å²) in [6.07, 6.45) is 7.91. The fraction of sp³-hybridized carbons (Fsp3) is 0.615.